The summed E-state index contributed by atoms with van der Waals surface area (Å²) in [6.07, 6.45) is 1.60. The molecule has 0 amide bonds. The molecule has 0 aliphatic heterocycles. The summed E-state index contributed by atoms with van der Waals surface area (Å²) in [5, 5.41) is 0.825. The van der Waals surface area contributed by atoms with Crippen LogP contribution in [-0.4, -0.2) is 7.11 Å². The molecule has 4 nitrogen and oxygen atoms in total. The predicted molar refractivity (Wildman–Crippen MR) is 71.5 cm³/mol. The van der Waals surface area contributed by atoms with Crippen molar-refractivity contribution in [2.24, 2.45) is 0 Å². The van der Waals surface area contributed by atoms with Gasteiger partial charge in [0.05, 0.1) is 13.4 Å². The number of aryl methyl sites for hydroxylation is 1. The third-order valence-corrected chi connectivity index (χ3v) is 3.06. The molecule has 0 saturated carbocycles. The second-order valence-corrected chi connectivity index (χ2v) is 4.25. The second-order valence-electron chi connectivity index (χ2n) is 4.25. The van der Waals surface area contributed by atoms with Crippen LogP contribution in [0.4, 0.5) is 0 Å². The van der Waals surface area contributed by atoms with Gasteiger partial charge in [0.25, 0.3) is 0 Å². The summed E-state index contributed by atoms with van der Waals surface area (Å²) in [6, 6.07) is 8.66. The van der Waals surface area contributed by atoms with E-state index in [0.29, 0.717) is 22.7 Å². The number of hydrogen-bond donors (Lipinski definition) is 0. The number of benzene rings is 1. The molecule has 0 N–H and O–H groups in total. The van der Waals surface area contributed by atoms with Crippen LogP contribution in [0.25, 0.3) is 22.3 Å². The van der Waals surface area contributed by atoms with Crippen LogP contribution in [-0.2, 0) is 0 Å². The minimum absolute atomic E-state index is 0.397. The van der Waals surface area contributed by atoms with E-state index >= 15 is 0 Å². The fourth-order valence-corrected chi connectivity index (χ4v) is 2.13. The van der Waals surface area contributed by atoms with E-state index in [9.17, 15) is 4.79 Å². The molecule has 0 aliphatic carbocycles. The van der Waals surface area contributed by atoms with Crippen molar-refractivity contribution < 1.29 is 13.6 Å². The molecule has 2 heterocycles. The molecule has 4 heteroatoms. The van der Waals surface area contributed by atoms with Crippen LogP contribution in [0.1, 0.15) is 5.56 Å². The first-order valence-electron chi connectivity index (χ1n) is 5.86. The summed E-state index contributed by atoms with van der Waals surface area (Å²) >= 11 is 0. The zero-order valence-electron chi connectivity index (χ0n) is 10.6. The Morgan fingerprint density at radius 3 is 2.58 bits per heavy atom. The molecular weight excluding hydrogens is 244 g/mol. The van der Waals surface area contributed by atoms with Crippen LogP contribution in [0.3, 0.4) is 0 Å². The predicted octanol–water partition coefficient (Wildman–Crippen LogP) is 3.37. The van der Waals surface area contributed by atoms with Crippen LogP contribution in [0.5, 0.6) is 5.75 Å². The average molecular weight is 256 g/mol. The molecule has 3 rings (SSSR count). The first-order valence-corrected chi connectivity index (χ1v) is 5.86. The Morgan fingerprint density at radius 1 is 1.11 bits per heavy atom. The topological polar surface area (TPSA) is 52.6 Å². The van der Waals surface area contributed by atoms with Gasteiger partial charge in [-0.1, -0.05) is 0 Å². The fourth-order valence-electron chi connectivity index (χ4n) is 2.13. The molecule has 3 aromatic rings. The number of ether oxygens (including phenoxy) is 1. The lowest BCUT2D eigenvalue weighted by atomic mass is 10.0. The summed E-state index contributed by atoms with van der Waals surface area (Å²) in [4.78, 5) is 11.5. The molecule has 0 saturated heterocycles. The van der Waals surface area contributed by atoms with E-state index in [1.807, 2.05) is 25.1 Å². The highest BCUT2D eigenvalue weighted by molar-refractivity contribution is 5.94. The highest BCUT2D eigenvalue weighted by atomic mass is 16.5. The monoisotopic (exact) mass is 256 g/mol. The third kappa shape index (κ3) is 1.81. The summed E-state index contributed by atoms with van der Waals surface area (Å²) in [7, 11) is 1.57. The SMILES string of the molecule is COc1ccc2ccc(=O)oc2c1-c1occc1C. The smallest absolute Gasteiger partial charge is 0.336 e. The van der Waals surface area contributed by atoms with E-state index in [4.69, 9.17) is 13.6 Å². The Bertz CT molecular complexity index is 795. The van der Waals surface area contributed by atoms with Crippen molar-refractivity contribution in [1.82, 2.24) is 0 Å². The zero-order chi connectivity index (χ0) is 13.4. The van der Waals surface area contributed by atoms with Crippen molar-refractivity contribution in [2.45, 2.75) is 6.92 Å². The van der Waals surface area contributed by atoms with Crippen molar-refractivity contribution in [3.05, 3.63) is 52.6 Å². The maximum absolute atomic E-state index is 11.5. The van der Waals surface area contributed by atoms with Crippen LogP contribution < -0.4 is 10.4 Å². The molecule has 0 radical (unpaired) electrons. The fraction of sp³-hybridized carbons (Fsp3) is 0.133. The van der Waals surface area contributed by atoms with Crippen LogP contribution in [0.2, 0.25) is 0 Å². The Balaban J connectivity index is 2.46. The van der Waals surface area contributed by atoms with Gasteiger partial charge in [0.2, 0.25) is 0 Å². The molecule has 0 fully saturated rings. The number of hydrogen-bond acceptors (Lipinski definition) is 4. The van der Waals surface area contributed by atoms with Gasteiger partial charge < -0.3 is 13.6 Å². The molecule has 0 spiro atoms. The van der Waals surface area contributed by atoms with Crippen LogP contribution >= 0.6 is 0 Å². The first kappa shape index (κ1) is 11.6. The molecule has 0 aliphatic rings. The normalized spacial score (nSPS) is 10.8. The van der Waals surface area contributed by atoms with Gasteiger partial charge in [-0.15, -0.1) is 0 Å². The Kier molecular flexibility index (Phi) is 2.63. The van der Waals surface area contributed by atoms with Crippen molar-refractivity contribution >= 4 is 11.0 Å². The number of furan rings is 1. The van der Waals surface area contributed by atoms with Crippen molar-refractivity contribution in [3.63, 3.8) is 0 Å². The molecule has 19 heavy (non-hydrogen) atoms. The Labute approximate surface area is 109 Å². The molecule has 0 unspecified atom stereocenters. The maximum Gasteiger partial charge on any atom is 0.336 e. The largest absolute Gasteiger partial charge is 0.496 e. The van der Waals surface area contributed by atoms with Crippen molar-refractivity contribution in [1.29, 1.82) is 0 Å². The standard InChI is InChI=1S/C15H12O4/c1-9-7-8-18-14(9)13-11(17-2)5-3-10-4-6-12(16)19-15(10)13/h3-8H,1-2H3. The van der Waals surface area contributed by atoms with Gasteiger partial charge in [-0.3, -0.25) is 0 Å². The van der Waals surface area contributed by atoms with E-state index in [1.165, 1.54) is 6.07 Å². The lowest BCUT2D eigenvalue weighted by Gasteiger charge is -2.09. The number of fused-ring (bicyclic) bond motifs is 1. The highest BCUT2D eigenvalue weighted by Crippen LogP contribution is 2.38. The average Bonchev–Trinajstić information content (AvgIpc) is 2.83. The van der Waals surface area contributed by atoms with Gasteiger partial charge >= 0.3 is 5.63 Å². The third-order valence-electron chi connectivity index (χ3n) is 3.06. The van der Waals surface area contributed by atoms with Crippen molar-refractivity contribution in [3.8, 4) is 17.1 Å². The van der Waals surface area contributed by atoms with Crippen LogP contribution in [0, 0.1) is 6.92 Å². The summed E-state index contributed by atoms with van der Waals surface area (Å²) in [6.45, 7) is 1.93. The van der Waals surface area contributed by atoms with Crippen LogP contribution in [0.15, 0.2) is 50.2 Å². The lowest BCUT2D eigenvalue weighted by Crippen LogP contribution is -1.97. The van der Waals surface area contributed by atoms with E-state index in [1.54, 1.807) is 19.4 Å². The van der Waals surface area contributed by atoms with E-state index in [-0.39, 0.29) is 0 Å². The summed E-state index contributed by atoms with van der Waals surface area (Å²) < 4.78 is 16.2. The van der Waals surface area contributed by atoms with Gasteiger partial charge in [0.15, 0.2) is 5.58 Å². The van der Waals surface area contributed by atoms with E-state index in [0.717, 1.165) is 10.9 Å². The zero-order valence-corrected chi connectivity index (χ0v) is 10.6. The molecule has 0 bridgehead atoms. The Hall–Kier alpha value is -2.49. The van der Waals surface area contributed by atoms with Gasteiger partial charge in [-0.25, -0.2) is 4.79 Å². The molecular formula is C15H12O4. The summed E-state index contributed by atoms with van der Waals surface area (Å²) in [5.74, 6) is 1.26. The van der Waals surface area contributed by atoms with Gasteiger partial charge in [0.1, 0.15) is 17.1 Å². The van der Waals surface area contributed by atoms with E-state index in [2.05, 4.69) is 0 Å². The van der Waals surface area contributed by atoms with Gasteiger partial charge in [-0.05, 0) is 36.8 Å². The highest BCUT2D eigenvalue weighted by Gasteiger charge is 2.17. The molecule has 96 valence electrons. The summed E-state index contributed by atoms with van der Waals surface area (Å²) in [5.41, 5.74) is 1.70. The van der Waals surface area contributed by atoms with Gasteiger partial charge in [-0.2, -0.15) is 0 Å². The second kappa shape index (κ2) is 4.31. The first-order chi connectivity index (χ1) is 9.20. The van der Waals surface area contributed by atoms with Crippen molar-refractivity contribution in [2.75, 3.05) is 7.11 Å². The molecule has 0 atom stereocenters. The Morgan fingerprint density at radius 2 is 1.89 bits per heavy atom. The minimum Gasteiger partial charge on any atom is -0.496 e. The van der Waals surface area contributed by atoms with Gasteiger partial charge in [0, 0.05) is 11.5 Å². The van der Waals surface area contributed by atoms with E-state index < -0.39 is 5.63 Å². The lowest BCUT2D eigenvalue weighted by molar-refractivity contribution is 0.414. The minimum atomic E-state index is -0.397. The number of methoxy groups -OCH3 is 1. The molecule has 2 aromatic heterocycles. The quantitative estimate of drug-likeness (QED) is 0.659. The molecule has 1 aromatic carbocycles. The maximum atomic E-state index is 11.5. The number of rotatable bonds is 2.